The zero-order valence-electron chi connectivity index (χ0n) is 7.42. The highest BCUT2D eigenvalue weighted by molar-refractivity contribution is 5.14. The first-order valence-electron chi connectivity index (χ1n) is 3.69. The van der Waals surface area contributed by atoms with E-state index in [-0.39, 0.29) is 5.88 Å². The maximum absolute atomic E-state index is 5.22. The van der Waals surface area contributed by atoms with Gasteiger partial charge in [-0.05, 0) is 19.1 Å². The summed E-state index contributed by atoms with van der Waals surface area (Å²) < 4.78 is 4.99. The van der Waals surface area contributed by atoms with Crippen molar-refractivity contribution in [3.05, 3.63) is 48.9 Å². The number of allylic oxidation sites excluding steroid dienone is 4. The summed E-state index contributed by atoms with van der Waals surface area (Å²) in [6.45, 7) is 9.41. The summed E-state index contributed by atoms with van der Waals surface area (Å²) in [5.74, 6) is 0.246. The van der Waals surface area contributed by atoms with E-state index in [2.05, 4.69) is 13.2 Å². The molecule has 0 aliphatic heterocycles. The normalized spacial score (nSPS) is 11.6. The van der Waals surface area contributed by atoms with Crippen molar-refractivity contribution in [2.24, 2.45) is 5.73 Å². The molecule has 0 aromatic carbocycles. The summed E-state index contributed by atoms with van der Waals surface area (Å²) in [5.41, 5.74) is 6.30. The van der Waals surface area contributed by atoms with Crippen LogP contribution in [0.15, 0.2) is 48.9 Å². The van der Waals surface area contributed by atoms with E-state index in [1.807, 2.05) is 25.2 Å². The predicted octanol–water partition coefficient (Wildman–Crippen LogP) is 2.12. The zero-order chi connectivity index (χ0) is 9.40. The topological polar surface area (TPSA) is 35.2 Å². The van der Waals surface area contributed by atoms with Crippen molar-refractivity contribution in [3.63, 3.8) is 0 Å². The van der Waals surface area contributed by atoms with Crippen LogP contribution in [0, 0.1) is 0 Å². The molecule has 2 N–H and O–H groups in total. The minimum Gasteiger partial charge on any atom is -0.475 e. The Morgan fingerprint density at radius 3 is 2.67 bits per heavy atom. The Kier molecular flexibility index (Phi) is 5.53. The highest BCUT2D eigenvalue weighted by Gasteiger charge is 1.88. The molecule has 0 saturated heterocycles. The van der Waals surface area contributed by atoms with Gasteiger partial charge in [-0.1, -0.05) is 30.9 Å². The molecule has 2 nitrogen and oxygen atoms in total. The fourth-order valence-corrected chi connectivity index (χ4v) is 0.553. The zero-order valence-corrected chi connectivity index (χ0v) is 7.42. The van der Waals surface area contributed by atoms with Gasteiger partial charge in [0, 0.05) is 0 Å². The summed E-state index contributed by atoms with van der Waals surface area (Å²) in [6, 6.07) is 0. The smallest absolute Gasteiger partial charge is 0.176 e. The van der Waals surface area contributed by atoms with Crippen molar-refractivity contribution < 1.29 is 4.74 Å². The molecule has 0 spiro atoms. The number of hydrogen-bond acceptors (Lipinski definition) is 2. The van der Waals surface area contributed by atoms with Gasteiger partial charge in [-0.2, -0.15) is 0 Å². The van der Waals surface area contributed by atoms with Crippen molar-refractivity contribution in [2.45, 2.75) is 6.92 Å². The highest BCUT2D eigenvalue weighted by atomic mass is 16.5. The van der Waals surface area contributed by atoms with E-state index in [4.69, 9.17) is 10.5 Å². The maximum atomic E-state index is 5.22. The standard InChI is InChI=1S/C10H15NO/c1-4-5-6-7-9(2)8-12-10(3)11/h4-7H,1,3,8,11H2,2H3/b6-5-,9-7+. The third-order valence-electron chi connectivity index (χ3n) is 1.11. The SMILES string of the molecule is C=C/C=C\C=C(/C)COC(=C)N. The monoisotopic (exact) mass is 165 g/mol. The maximum Gasteiger partial charge on any atom is 0.176 e. The average Bonchev–Trinajstić information content (AvgIpc) is 2.01. The van der Waals surface area contributed by atoms with Crippen molar-refractivity contribution in [1.29, 1.82) is 0 Å². The van der Waals surface area contributed by atoms with Gasteiger partial charge in [0.1, 0.15) is 6.61 Å². The van der Waals surface area contributed by atoms with Crippen LogP contribution < -0.4 is 5.73 Å². The average molecular weight is 165 g/mol. The summed E-state index contributed by atoms with van der Waals surface area (Å²) >= 11 is 0. The molecule has 0 aromatic rings. The van der Waals surface area contributed by atoms with Gasteiger partial charge in [-0.25, -0.2) is 0 Å². The molecule has 0 heterocycles. The summed E-state index contributed by atoms with van der Waals surface area (Å²) in [6.07, 6.45) is 7.39. The quantitative estimate of drug-likeness (QED) is 0.500. The molecular weight excluding hydrogens is 150 g/mol. The van der Waals surface area contributed by atoms with Crippen LogP contribution in [0.25, 0.3) is 0 Å². The number of rotatable bonds is 5. The van der Waals surface area contributed by atoms with Crippen molar-refractivity contribution in [1.82, 2.24) is 0 Å². The molecule has 0 atom stereocenters. The van der Waals surface area contributed by atoms with Gasteiger partial charge in [0.25, 0.3) is 0 Å². The summed E-state index contributed by atoms with van der Waals surface area (Å²) in [5, 5.41) is 0. The minimum absolute atomic E-state index is 0.246. The molecule has 0 fully saturated rings. The van der Waals surface area contributed by atoms with Gasteiger partial charge >= 0.3 is 0 Å². The van der Waals surface area contributed by atoms with Crippen LogP contribution in [0.3, 0.4) is 0 Å². The van der Waals surface area contributed by atoms with Crippen LogP contribution in [-0.2, 0) is 4.74 Å². The Hall–Kier alpha value is -1.44. The van der Waals surface area contributed by atoms with E-state index in [1.165, 1.54) is 0 Å². The molecule has 12 heavy (non-hydrogen) atoms. The van der Waals surface area contributed by atoms with Gasteiger partial charge in [-0.15, -0.1) is 0 Å². The first kappa shape index (κ1) is 10.6. The van der Waals surface area contributed by atoms with Crippen LogP contribution in [0.1, 0.15) is 6.92 Å². The van der Waals surface area contributed by atoms with Crippen LogP contribution in [0.2, 0.25) is 0 Å². The molecule has 0 rings (SSSR count). The third-order valence-corrected chi connectivity index (χ3v) is 1.11. The lowest BCUT2D eigenvalue weighted by Gasteiger charge is -2.02. The lowest BCUT2D eigenvalue weighted by atomic mass is 10.3. The summed E-state index contributed by atoms with van der Waals surface area (Å²) in [7, 11) is 0. The Balaban J connectivity index is 3.77. The van der Waals surface area contributed by atoms with E-state index in [0.29, 0.717) is 6.61 Å². The van der Waals surface area contributed by atoms with Crippen LogP contribution >= 0.6 is 0 Å². The largest absolute Gasteiger partial charge is 0.475 e. The van der Waals surface area contributed by atoms with Gasteiger partial charge < -0.3 is 10.5 Å². The second kappa shape index (κ2) is 6.28. The van der Waals surface area contributed by atoms with Crippen molar-refractivity contribution in [3.8, 4) is 0 Å². The Labute approximate surface area is 73.7 Å². The van der Waals surface area contributed by atoms with Gasteiger partial charge in [0.05, 0.1) is 0 Å². The van der Waals surface area contributed by atoms with Crippen molar-refractivity contribution >= 4 is 0 Å². The molecule has 0 aromatic heterocycles. The van der Waals surface area contributed by atoms with E-state index < -0.39 is 0 Å². The molecule has 66 valence electrons. The van der Waals surface area contributed by atoms with Crippen LogP contribution in [0.5, 0.6) is 0 Å². The molecule has 2 heteroatoms. The van der Waals surface area contributed by atoms with Gasteiger partial charge in [0.2, 0.25) is 0 Å². The molecular formula is C10H15NO. The number of nitrogens with two attached hydrogens (primary N) is 1. The van der Waals surface area contributed by atoms with E-state index in [9.17, 15) is 0 Å². The second-order valence-electron chi connectivity index (χ2n) is 2.39. The Morgan fingerprint density at radius 1 is 1.50 bits per heavy atom. The first-order chi connectivity index (χ1) is 5.66. The molecule has 0 aliphatic rings. The molecule has 0 radical (unpaired) electrons. The Morgan fingerprint density at radius 2 is 2.17 bits per heavy atom. The number of hydrogen-bond donors (Lipinski definition) is 1. The van der Waals surface area contributed by atoms with E-state index >= 15 is 0 Å². The second-order valence-corrected chi connectivity index (χ2v) is 2.39. The fourth-order valence-electron chi connectivity index (χ4n) is 0.553. The molecule has 0 saturated carbocycles. The van der Waals surface area contributed by atoms with Crippen LogP contribution in [-0.4, -0.2) is 6.61 Å². The number of ether oxygens (including phenoxy) is 1. The van der Waals surface area contributed by atoms with E-state index in [1.54, 1.807) is 6.08 Å². The molecule has 0 amide bonds. The predicted molar refractivity (Wildman–Crippen MR) is 52.4 cm³/mol. The van der Waals surface area contributed by atoms with Gasteiger partial charge in [0.15, 0.2) is 5.88 Å². The van der Waals surface area contributed by atoms with E-state index in [0.717, 1.165) is 5.57 Å². The minimum atomic E-state index is 0.246. The van der Waals surface area contributed by atoms with Crippen LogP contribution in [0.4, 0.5) is 0 Å². The first-order valence-corrected chi connectivity index (χ1v) is 3.69. The summed E-state index contributed by atoms with van der Waals surface area (Å²) in [4.78, 5) is 0. The van der Waals surface area contributed by atoms with Crippen molar-refractivity contribution in [2.75, 3.05) is 6.61 Å². The third kappa shape index (κ3) is 6.68. The highest BCUT2D eigenvalue weighted by Crippen LogP contribution is 1.96. The lowest BCUT2D eigenvalue weighted by molar-refractivity contribution is 0.238. The lowest BCUT2D eigenvalue weighted by Crippen LogP contribution is -2.02. The Bertz CT molecular complexity index is 214. The molecule has 0 aliphatic carbocycles. The fraction of sp³-hybridized carbons (Fsp3) is 0.200. The molecule has 0 bridgehead atoms. The molecule has 0 unspecified atom stereocenters. The van der Waals surface area contributed by atoms with Gasteiger partial charge in [-0.3, -0.25) is 0 Å².